The van der Waals surface area contributed by atoms with Gasteiger partial charge in [0.1, 0.15) is 6.61 Å². The molecule has 0 spiro atoms. The normalized spacial score (nSPS) is 12.6. The first kappa shape index (κ1) is 45.9. The quantitative estimate of drug-likeness (QED) is 0.0407. The standard InChI is InChI=1S/C43H76O5/c1-3-5-7-9-11-13-15-17-19-21-23-25-27-29-31-33-35-37-42(45)47-40-41(39-44)48-43(46)38-36-34-32-30-28-26-24-22-20-18-16-14-12-10-8-6-4-2/h6,8,12,14,18,20,24,26,41,44H,3-5,7,9-11,13,15-17,19,21-23,25,27-40H2,1-2H3/b8-6-,14-12-,20-18-,26-24-/t41-/m0/s1. The maximum absolute atomic E-state index is 12.2. The predicted molar refractivity (Wildman–Crippen MR) is 205 cm³/mol. The van der Waals surface area contributed by atoms with Gasteiger partial charge >= 0.3 is 11.9 Å². The molecule has 5 heteroatoms. The maximum atomic E-state index is 12.2. The van der Waals surface area contributed by atoms with Crippen LogP contribution in [0.2, 0.25) is 0 Å². The van der Waals surface area contributed by atoms with Gasteiger partial charge in [0.15, 0.2) is 6.10 Å². The van der Waals surface area contributed by atoms with Gasteiger partial charge in [-0.25, -0.2) is 0 Å². The molecule has 0 fully saturated rings. The Morgan fingerprint density at radius 2 is 0.896 bits per heavy atom. The second-order valence-corrected chi connectivity index (χ2v) is 13.3. The third-order valence-electron chi connectivity index (χ3n) is 8.64. The number of ether oxygens (including phenoxy) is 2. The van der Waals surface area contributed by atoms with E-state index >= 15 is 0 Å². The SMILES string of the molecule is CC/C=C\C/C=C\C/C=C\C/C=C\CCCCCCC(=O)O[C@@H](CO)COC(=O)CCCCCCCCCCCCCCCCCCC. The number of carbonyl (C=O) groups excluding carboxylic acids is 2. The first-order valence-electron chi connectivity index (χ1n) is 20.2. The Hall–Kier alpha value is -2.14. The van der Waals surface area contributed by atoms with Gasteiger partial charge in [-0.2, -0.15) is 0 Å². The van der Waals surface area contributed by atoms with Crippen LogP contribution in [-0.4, -0.2) is 36.4 Å². The number of aliphatic hydroxyl groups excluding tert-OH is 1. The average molecular weight is 673 g/mol. The van der Waals surface area contributed by atoms with Gasteiger partial charge in [0.05, 0.1) is 6.61 Å². The summed E-state index contributed by atoms with van der Waals surface area (Å²) >= 11 is 0. The highest BCUT2D eigenvalue weighted by atomic mass is 16.6. The van der Waals surface area contributed by atoms with Crippen molar-refractivity contribution in [2.24, 2.45) is 0 Å². The first-order chi connectivity index (χ1) is 23.6. The molecule has 0 amide bonds. The Morgan fingerprint density at radius 1 is 0.500 bits per heavy atom. The van der Waals surface area contributed by atoms with E-state index in [1.165, 1.54) is 89.9 Å². The molecule has 0 unspecified atom stereocenters. The van der Waals surface area contributed by atoms with Gasteiger partial charge in [0.25, 0.3) is 0 Å². The lowest BCUT2D eigenvalue weighted by molar-refractivity contribution is -0.161. The smallest absolute Gasteiger partial charge is 0.306 e. The van der Waals surface area contributed by atoms with Gasteiger partial charge in [-0.1, -0.05) is 178 Å². The van der Waals surface area contributed by atoms with Crippen molar-refractivity contribution in [1.29, 1.82) is 0 Å². The summed E-state index contributed by atoms with van der Waals surface area (Å²) in [5.41, 5.74) is 0. The van der Waals surface area contributed by atoms with E-state index in [9.17, 15) is 14.7 Å². The van der Waals surface area contributed by atoms with Crippen molar-refractivity contribution in [1.82, 2.24) is 0 Å². The fourth-order valence-electron chi connectivity index (χ4n) is 5.60. The summed E-state index contributed by atoms with van der Waals surface area (Å²) in [5, 5.41) is 9.56. The largest absolute Gasteiger partial charge is 0.462 e. The third-order valence-corrected chi connectivity index (χ3v) is 8.64. The van der Waals surface area contributed by atoms with Gasteiger partial charge in [-0.3, -0.25) is 9.59 Å². The van der Waals surface area contributed by atoms with Crippen molar-refractivity contribution in [2.75, 3.05) is 13.2 Å². The molecule has 0 aromatic rings. The number of esters is 2. The molecule has 1 atom stereocenters. The summed E-state index contributed by atoms with van der Waals surface area (Å²) in [6, 6.07) is 0. The molecule has 278 valence electrons. The lowest BCUT2D eigenvalue weighted by Gasteiger charge is -2.15. The van der Waals surface area contributed by atoms with E-state index in [1.807, 2.05) is 0 Å². The topological polar surface area (TPSA) is 72.8 Å². The molecule has 5 nitrogen and oxygen atoms in total. The predicted octanol–water partition coefficient (Wildman–Crippen LogP) is 12.6. The molecule has 0 aliphatic rings. The van der Waals surface area contributed by atoms with Gasteiger partial charge in [0.2, 0.25) is 0 Å². The van der Waals surface area contributed by atoms with Gasteiger partial charge in [-0.15, -0.1) is 0 Å². The lowest BCUT2D eigenvalue weighted by atomic mass is 10.0. The molecule has 1 N–H and O–H groups in total. The van der Waals surface area contributed by atoms with Crippen molar-refractivity contribution in [2.45, 2.75) is 200 Å². The highest BCUT2D eigenvalue weighted by Gasteiger charge is 2.16. The first-order valence-corrected chi connectivity index (χ1v) is 20.2. The number of carbonyl (C=O) groups is 2. The minimum Gasteiger partial charge on any atom is -0.462 e. The number of allylic oxidation sites excluding steroid dienone is 8. The monoisotopic (exact) mass is 673 g/mol. The zero-order chi connectivity index (χ0) is 35.0. The van der Waals surface area contributed by atoms with Crippen LogP contribution in [0.4, 0.5) is 0 Å². The lowest BCUT2D eigenvalue weighted by Crippen LogP contribution is -2.28. The molecule has 0 saturated carbocycles. The van der Waals surface area contributed by atoms with E-state index in [0.29, 0.717) is 12.8 Å². The molecule has 0 aromatic heterocycles. The minimum atomic E-state index is -0.782. The number of hydrogen-bond donors (Lipinski definition) is 1. The van der Waals surface area contributed by atoms with E-state index in [4.69, 9.17) is 9.47 Å². The van der Waals surface area contributed by atoms with Crippen LogP contribution in [0.3, 0.4) is 0 Å². The van der Waals surface area contributed by atoms with Crippen LogP contribution >= 0.6 is 0 Å². The molecule has 0 rings (SSSR count). The number of unbranched alkanes of at least 4 members (excludes halogenated alkanes) is 20. The molecule has 0 heterocycles. The van der Waals surface area contributed by atoms with Gasteiger partial charge in [-0.05, 0) is 51.4 Å². The molecule has 0 aliphatic carbocycles. The van der Waals surface area contributed by atoms with Crippen molar-refractivity contribution in [3.8, 4) is 0 Å². The summed E-state index contributed by atoms with van der Waals surface area (Å²) in [7, 11) is 0. The van der Waals surface area contributed by atoms with Crippen LogP contribution in [0.15, 0.2) is 48.6 Å². The highest BCUT2D eigenvalue weighted by Crippen LogP contribution is 2.15. The van der Waals surface area contributed by atoms with E-state index in [1.54, 1.807) is 0 Å². The van der Waals surface area contributed by atoms with E-state index in [0.717, 1.165) is 77.0 Å². The van der Waals surface area contributed by atoms with Crippen LogP contribution in [0.1, 0.15) is 194 Å². The van der Waals surface area contributed by atoms with Gasteiger partial charge < -0.3 is 14.6 Å². The zero-order valence-corrected chi connectivity index (χ0v) is 31.5. The molecule has 0 radical (unpaired) electrons. The summed E-state index contributed by atoms with van der Waals surface area (Å²) in [6.07, 6.45) is 48.9. The number of hydrogen-bond acceptors (Lipinski definition) is 5. The van der Waals surface area contributed by atoms with Crippen LogP contribution in [0, 0.1) is 0 Å². The Labute approximate surface area is 297 Å². The average Bonchev–Trinajstić information content (AvgIpc) is 3.09. The van der Waals surface area contributed by atoms with E-state index in [-0.39, 0.29) is 25.2 Å². The Bertz CT molecular complexity index is 812. The fraction of sp³-hybridized carbons (Fsp3) is 0.767. The molecular weight excluding hydrogens is 596 g/mol. The summed E-state index contributed by atoms with van der Waals surface area (Å²) < 4.78 is 10.6. The van der Waals surface area contributed by atoms with Gasteiger partial charge in [0, 0.05) is 12.8 Å². The molecule has 0 saturated heterocycles. The second-order valence-electron chi connectivity index (χ2n) is 13.3. The van der Waals surface area contributed by atoms with E-state index in [2.05, 4.69) is 62.5 Å². The highest BCUT2D eigenvalue weighted by molar-refractivity contribution is 5.70. The van der Waals surface area contributed by atoms with E-state index < -0.39 is 6.10 Å². The van der Waals surface area contributed by atoms with Crippen LogP contribution < -0.4 is 0 Å². The molecule has 0 aliphatic heterocycles. The van der Waals surface area contributed by atoms with Crippen LogP contribution in [0.25, 0.3) is 0 Å². The Kier molecular flexibility index (Phi) is 37.5. The fourth-order valence-corrected chi connectivity index (χ4v) is 5.60. The number of aliphatic hydroxyl groups is 1. The Balaban J connectivity index is 3.58. The Morgan fingerprint density at radius 3 is 1.35 bits per heavy atom. The minimum absolute atomic E-state index is 0.0745. The second kappa shape index (κ2) is 39.3. The number of rotatable bonds is 36. The van der Waals surface area contributed by atoms with Crippen LogP contribution in [-0.2, 0) is 19.1 Å². The van der Waals surface area contributed by atoms with Crippen molar-refractivity contribution < 1.29 is 24.2 Å². The van der Waals surface area contributed by atoms with Crippen molar-refractivity contribution >= 4 is 11.9 Å². The van der Waals surface area contributed by atoms with Crippen molar-refractivity contribution in [3.63, 3.8) is 0 Å². The summed E-state index contributed by atoms with van der Waals surface area (Å²) in [6.45, 7) is 4.01. The van der Waals surface area contributed by atoms with Crippen molar-refractivity contribution in [3.05, 3.63) is 48.6 Å². The summed E-state index contributed by atoms with van der Waals surface area (Å²) in [4.78, 5) is 24.3. The zero-order valence-electron chi connectivity index (χ0n) is 31.5. The third kappa shape index (κ3) is 36.7. The van der Waals surface area contributed by atoms with Crippen LogP contribution in [0.5, 0.6) is 0 Å². The molecule has 0 bridgehead atoms. The molecule has 0 aromatic carbocycles. The molecule has 48 heavy (non-hydrogen) atoms. The summed E-state index contributed by atoms with van der Waals surface area (Å²) in [5.74, 6) is -0.615. The maximum Gasteiger partial charge on any atom is 0.306 e. The molecular formula is C43H76O5.